The van der Waals surface area contributed by atoms with E-state index in [1.165, 1.54) is 6.92 Å². The molecule has 0 spiro atoms. The quantitative estimate of drug-likeness (QED) is 0.476. The minimum absolute atomic E-state index is 0.0473. The van der Waals surface area contributed by atoms with Crippen molar-refractivity contribution >= 4 is 17.9 Å². The van der Waals surface area contributed by atoms with Gasteiger partial charge in [-0.2, -0.15) is 0 Å². The minimum Gasteiger partial charge on any atom is -0.478 e. The molecule has 0 aromatic carbocycles. The van der Waals surface area contributed by atoms with Gasteiger partial charge in [0.25, 0.3) is 0 Å². The Bertz CT molecular complexity index is 354. The fourth-order valence-corrected chi connectivity index (χ4v) is 0.508. The van der Waals surface area contributed by atoms with E-state index in [0.29, 0.717) is 11.6 Å². The van der Waals surface area contributed by atoms with E-state index in [9.17, 15) is 14.4 Å². The molecule has 0 atom stereocenters. The van der Waals surface area contributed by atoms with Crippen molar-refractivity contribution in [1.29, 1.82) is 0 Å². The molecule has 7 heteroatoms. The zero-order valence-electron chi connectivity index (χ0n) is 10.2. The molecule has 0 aromatic heterocycles. The van der Waals surface area contributed by atoms with E-state index in [1.54, 1.807) is 6.92 Å². The van der Waals surface area contributed by atoms with Crippen molar-refractivity contribution < 1.29 is 34.4 Å². The molecular weight excluding hydrogens is 244 g/mol. The molecule has 0 radical (unpaired) electrons. The Hall–Kier alpha value is -2.15. The molecule has 102 valence electrons. The summed E-state index contributed by atoms with van der Waals surface area (Å²) in [6.07, 6.45) is 0.641. The summed E-state index contributed by atoms with van der Waals surface area (Å²) in [5.74, 6) is -2.91. The number of esters is 1. The molecule has 0 saturated heterocycles. The van der Waals surface area contributed by atoms with Crippen LogP contribution in [0.5, 0.6) is 0 Å². The van der Waals surface area contributed by atoms with Gasteiger partial charge < -0.3 is 20.1 Å². The number of aliphatic carboxylic acids is 2. The van der Waals surface area contributed by atoms with Crippen LogP contribution < -0.4 is 0 Å². The van der Waals surface area contributed by atoms with Gasteiger partial charge in [0, 0.05) is 17.2 Å². The molecular formula is C11H16O7. The van der Waals surface area contributed by atoms with Crippen LogP contribution in [0.4, 0.5) is 0 Å². The molecule has 0 fully saturated rings. The van der Waals surface area contributed by atoms with E-state index in [1.807, 2.05) is 0 Å². The summed E-state index contributed by atoms with van der Waals surface area (Å²) < 4.78 is 4.46. The Morgan fingerprint density at radius 2 is 1.72 bits per heavy atom. The molecule has 7 nitrogen and oxygen atoms in total. The largest absolute Gasteiger partial charge is 0.478 e. The van der Waals surface area contributed by atoms with Gasteiger partial charge in [-0.05, 0) is 13.8 Å². The molecule has 0 unspecified atom stereocenters. The SMILES string of the molecule is C/C(=C/C(=O)O)C(=O)O.C=C(C)C(=O)OCCO. The van der Waals surface area contributed by atoms with Crippen molar-refractivity contribution in [3.05, 3.63) is 23.8 Å². The lowest BCUT2D eigenvalue weighted by Gasteiger charge is -1.99. The number of rotatable bonds is 5. The molecule has 0 saturated carbocycles. The van der Waals surface area contributed by atoms with Gasteiger partial charge in [-0.1, -0.05) is 6.58 Å². The van der Waals surface area contributed by atoms with Crippen molar-refractivity contribution in [3.63, 3.8) is 0 Å². The Balaban J connectivity index is 0. The normalized spacial score (nSPS) is 9.83. The van der Waals surface area contributed by atoms with Gasteiger partial charge in [0.05, 0.1) is 6.61 Å². The van der Waals surface area contributed by atoms with E-state index < -0.39 is 17.9 Å². The lowest BCUT2D eigenvalue weighted by Crippen LogP contribution is -2.08. The second-order valence-electron chi connectivity index (χ2n) is 3.11. The van der Waals surface area contributed by atoms with Crippen LogP contribution in [-0.2, 0) is 19.1 Å². The summed E-state index contributed by atoms with van der Waals surface area (Å²) in [6, 6.07) is 0. The van der Waals surface area contributed by atoms with Crippen LogP contribution in [0, 0.1) is 0 Å². The molecule has 0 amide bonds. The van der Waals surface area contributed by atoms with Gasteiger partial charge in [-0.15, -0.1) is 0 Å². The van der Waals surface area contributed by atoms with Gasteiger partial charge in [-0.3, -0.25) is 0 Å². The van der Waals surface area contributed by atoms with Gasteiger partial charge >= 0.3 is 17.9 Å². The lowest BCUT2D eigenvalue weighted by molar-refractivity contribution is -0.140. The highest BCUT2D eigenvalue weighted by Crippen LogP contribution is 1.90. The first-order valence-electron chi connectivity index (χ1n) is 4.80. The molecule has 3 N–H and O–H groups in total. The molecule has 0 heterocycles. The third-order valence-corrected chi connectivity index (χ3v) is 1.35. The Labute approximate surface area is 104 Å². The van der Waals surface area contributed by atoms with Gasteiger partial charge in [-0.25, -0.2) is 14.4 Å². The Morgan fingerprint density at radius 3 is 1.94 bits per heavy atom. The maximum atomic E-state index is 10.5. The third-order valence-electron chi connectivity index (χ3n) is 1.35. The van der Waals surface area contributed by atoms with Gasteiger partial charge in [0.1, 0.15) is 6.61 Å². The number of hydrogen-bond donors (Lipinski definition) is 3. The first-order valence-corrected chi connectivity index (χ1v) is 4.80. The van der Waals surface area contributed by atoms with Crippen molar-refractivity contribution in [1.82, 2.24) is 0 Å². The highest BCUT2D eigenvalue weighted by molar-refractivity contribution is 5.94. The van der Waals surface area contributed by atoms with Crippen LogP contribution in [-0.4, -0.2) is 46.4 Å². The van der Waals surface area contributed by atoms with Crippen LogP contribution in [0.25, 0.3) is 0 Å². The average Bonchev–Trinajstić information content (AvgIpc) is 2.25. The van der Waals surface area contributed by atoms with E-state index >= 15 is 0 Å². The fourth-order valence-electron chi connectivity index (χ4n) is 0.508. The number of carbonyl (C=O) groups excluding carboxylic acids is 1. The maximum Gasteiger partial charge on any atom is 0.333 e. The second-order valence-corrected chi connectivity index (χ2v) is 3.11. The lowest BCUT2D eigenvalue weighted by atomic mass is 10.3. The summed E-state index contributed by atoms with van der Waals surface area (Å²) in [5, 5.41) is 24.3. The highest BCUT2D eigenvalue weighted by Gasteiger charge is 2.00. The Morgan fingerprint density at radius 1 is 1.22 bits per heavy atom. The van der Waals surface area contributed by atoms with E-state index in [-0.39, 0.29) is 18.8 Å². The van der Waals surface area contributed by atoms with Gasteiger partial charge in [0.2, 0.25) is 0 Å². The van der Waals surface area contributed by atoms with Crippen LogP contribution >= 0.6 is 0 Å². The van der Waals surface area contributed by atoms with E-state index in [0.717, 1.165) is 0 Å². The van der Waals surface area contributed by atoms with Crippen LogP contribution in [0.3, 0.4) is 0 Å². The monoisotopic (exact) mass is 260 g/mol. The molecule has 0 rings (SSSR count). The number of ether oxygens (including phenoxy) is 1. The number of aliphatic hydroxyl groups is 1. The summed E-state index contributed by atoms with van der Waals surface area (Å²) in [6.45, 7) is 6.03. The first-order chi connectivity index (χ1) is 8.22. The summed E-state index contributed by atoms with van der Waals surface area (Å²) in [7, 11) is 0. The predicted molar refractivity (Wildman–Crippen MR) is 61.9 cm³/mol. The fraction of sp³-hybridized carbons (Fsp3) is 0.364. The summed E-state index contributed by atoms with van der Waals surface area (Å²) >= 11 is 0. The first kappa shape index (κ1) is 18.2. The molecule has 0 aromatic rings. The standard InChI is InChI=1S/C6H10O3.C5H6O4/c1-5(2)6(8)9-4-3-7;1-3(5(8)9)2-4(6)7/h7H,1,3-4H2,2H3;2H,1H3,(H,6,7)(H,8,9)/b;3-2-. The highest BCUT2D eigenvalue weighted by atomic mass is 16.5. The van der Waals surface area contributed by atoms with E-state index in [2.05, 4.69) is 11.3 Å². The second kappa shape index (κ2) is 10.0. The zero-order chi connectivity index (χ0) is 14.7. The van der Waals surface area contributed by atoms with Crippen molar-refractivity contribution in [3.8, 4) is 0 Å². The van der Waals surface area contributed by atoms with Crippen LogP contribution in [0.2, 0.25) is 0 Å². The maximum absolute atomic E-state index is 10.5. The summed E-state index contributed by atoms with van der Waals surface area (Å²) in [5.41, 5.74) is 0.172. The smallest absolute Gasteiger partial charge is 0.333 e. The van der Waals surface area contributed by atoms with Crippen molar-refractivity contribution in [2.75, 3.05) is 13.2 Å². The number of carboxylic acid groups (broad SMARTS) is 2. The molecule has 0 aliphatic rings. The van der Waals surface area contributed by atoms with E-state index in [4.69, 9.17) is 15.3 Å². The summed E-state index contributed by atoms with van der Waals surface area (Å²) in [4.78, 5) is 30.1. The Kier molecular flexibility index (Phi) is 10.2. The molecule has 18 heavy (non-hydrogen) atoms. The number of aliphatic hydroxyl groups excluding tert-OH is 1. The molecule has 0 aliphatic carbocycles. The predicted octanol–water partition coefficient (Wildman–Crippen LogP) is 0.200. The number of carboxylic acids is 2. The average molecular weight is 260 g/mol. The third kappa shape index (κ3) is 11.9. The number of carbonyl (C=O) groups is 3. The molecule has 0 aliphatic heterocycles. The zero-order valence-corrected chi connectivity index (χ0v) is 10.2. The van der Waals surface area contributed by atoms with Crippen molar-refractivity contribution in [2.24, 2.45) is 0 Å². The molecule has 0 bridgehead atoms. The van der Waals surface area contributed by atoms with Gasteiger partial charge in [0.15, 0.2) is 0 Å². The minimum atomic E-state index is -1.24. The van der Waals surface area contributed by atoms with Crippen LogP contribution in [0.15, 0.2) is 23.8 Å². The topological polar surface area (TPSA) is 121 Å². The van der Waals surface area contributed by atoms with Crippen molar-refractivity contribution in [2.45, 2.75) is 13.8 Å². The van der Waals surface area contributed by atoms with Crippen LogP contribution in [0.1, 0.15) is 13.8 Å². The number of hydrogen-bond acceptors (Lipinski definition) is 5.